The molecule has 0 aromatic heterocycles. The van der Waals surface area contributed by atoms with Crippen molar-refractivity contribution in [3.63, 3.8) is 0 Å². The summed E-state index contributed by atoms with van der Waals surface area (Å²) >= 11 is 0. The first-order valence-corrected chi connectivity index (χ1v) is 19.8. The standard InChI is InChI=1S/C43H58N2O10/c1-6-20-45(42(49)51-8-3)39-27-36(44-53-9-4)34-25-29(14-10-12-21-46)33(15-11-13-22-47)40-35-26-32(54-31-16-18-37(50-5)30(24-31)28-48)17-19-38(35)55-43(39,41(34)40)52-23-7-2/h7,16-19,24-26,28-29,33,39-41,46-47H,2,6,8-15,20-23,27H2,1,3-5H3. The van der Waals surface area contributed by atoms with E-state index in [-0.39, 0.29) is 44.2 Å². The molecule has 1 amide bonds. The molecule has 55 heavy (non-hydrogen) atoms. The van der Waals surface area contributed by atoms with Crippen LogP contribution in [0.25, 0.3) is 0 Å². The van der Waals surface area contributed by atoms with Crippen molar-refractivity contribution < 1.29 is 48.3 Å². The number of nitrogens with zero attached hydrogens (tertiary/aromatic N) is 2. The minimum Gasteiger partial charge on any atom is -0.496 e. The van der Waals surface area contributed by atoms with Gasteiger partial charge in [-0.2, -0.15) is 0 Å². The van der Waals surface area contributed by atoms with Gasteiger partial charge in [0.25, 0.3) is 0 Å². The van der Waals surface area contributed by atoms with E-state index in [1.165, 1.54) is 7.11 Å². The summed E-state index contributed by atoms with van der Waals surface area (Å²) in [6, 6.07) is 10.2. The van der Waals surface area contributed by atoms with Crippen LogP contribution in [0.2, 0.25) is 0 Å². The van der Waals surface area contributed by atoms with Gasteiger partial charge in [0.1, 0.15) is 35.6 Å². The first kappa shape index (κ1) is 41.8. The molecule has 2 aromatic rings. The van der Waals surface area contributed by atoms with Crippen molar-refractivity contribution in [2.45, 2.75) is 89.9 Å². The van der Waals surface area contributed by atoms with Crippen molar-refractivity contribution in [3.8, 4) is 23.0 Å². The highest BCUT2D eigenvalue weighted by Crippen LogP contribution is 2.62. The predicted octanol–water partition coefficient (Wildman–Crippen LogP) is 7.82. The zero-order chi connectivity index (χ0) is 39.4. The molecule has 0 spiro atoms. The molecule has 0 radical (unpaired) electrons. The maximum atomic E-state index is 13.9. The number of methoxy groups -OCH3 is 1. The average molecular weight is 763 g/mol. The summed E-state index contributed by atoms with van der Waals surface area (Å²) in [4.78, 5) is 33.2. The predicted molar refractivity (Wildman–Crippen MR) is 209 cm³/mol. The molecule has 1 heterocycles. The number of hydrogen-bond acceptors (Lipinski definition) is 11. The molecule has 12 heteroatoms. The van der Waals surface area contributed by atoms with Gasteiger partial charge in [-0.05, 0) is 99.8 Å². The van der Waals surface area contributed by atoms with Gasteiger partial charge < -0.3 is 38.7 Å². The lowest BCUT2D eigenvalue weighted by molar-refractivity contribution is -0.255. The fourth-order valence-corrected chi connectivity index (χ4v) is 8.68. The second-order valence-corrected chi connectivity index (χ2v) is 14.2. The summed E-state index contributed by atoms with van der Waals surface area (Å²) in [6.07, 6.45) is 9.85. The summed E-state index contributed by atoms with van der Waals surface area (Å²) in [5.74, 6) is 0.212. The van der Waals surface area contributed by atoms with Crippen LogP contribution in [-0.2, 0) is 14.3 Å². The topological polar surface area (TPSA) is 146 Å². The van der Waals surface area contributed by atoms with E-state index >= 15 is 0 Å². The van der Waals surface area contributed by atoms with Crippen molar-refractivity contribution in [1.82, 2.24) is 4.90 Å². The number of allylic oxidation sites excluding steroid dienone is 1. The van der Waals surface area contributed by atoms with E-state index < -0.39 is 23.8 Å². The van der Waals surface area contributed by atoms with E-state index in [0.29, 0.717) is 67.4 Å². The monoisotopic (exact) mass is 762 g/mol. The van der Waals surface area contributed by atoms with Crippen LogP contribution < -0.4 is 14.2 Å². The van der Waals surface area contributed by atoms with Crippen LogP contribution in [0.4, 0.5) is 4.79 Å². The minimum absolute atomic E-state index is 0.0561. The van der Waals surface area contributed by atoms with Crippen LogP contribution >= 0.6 is 0 Å². The largest absolute Gasteiger partial charge is 0.496 e. The van der Waals surface area contributed by atoms with Gasteiger partial charge in [-0.3, -0.25) is 9.69 Å². The third-order valence-electron chi connectivity index (χ3n) is 10.9. The highest BCUT2D eigenvalue weighted by Gasteiger charge is 2.65. The summed E-state index contributed by atoms with van der Waals surface area (Å²) < 4.78 is 31.6. The zero-order valence-electron chi connectivity index (χ0n) is 32.7. The first-order valence-electron chi connectivity index (χ1n) is 19.8. The molecule has 0 saturated heterocycles. The number of carbonyl (C=O) groups excluding carboxylic acids is 2. The highest BCUT2D eigenvalue weighted by molar-refractivity contribution is 6.03. The molecule has 300 valence electrons. The number of aldehydes is 1. The SMILES string of the molecule is C=CCOC12Oc3ccc(Oc4ccc(OC)c(C=O)c4)cc3C3C(CCCCO)C(CCCCO)C=C(C(=NOCC)CC1N(CCC)C(=O)OCC)C32. The lowest BCUT2D eigenvalue weighted by Crippen LogP contribution is -2.70. The van der Waals surface area contributed by atoms with Crippen LogP contribution in [0.3, 0.4) is 0 Å². The molecule has 12 nitrogen and oxygen atoms in total. The lowest BCUT2D eigenvalue weighted by Gasteiger charge is -2.59. The third kappa shape index (κ3) is 9.03. The molecule has 2 aromatic carbocycles. The number of amides is 1. The van der Waals surface area contributed by atoms with Gasteiger partial charge >= 0.3 is 6.09 Å². The number of benzene rings is 2. The second-order valence-electron chi connectivity index (χ2n) is 14.2. The normalized spacial score (nSPS) is 24.4. The van der Waals surface area contributed by atoms with Gasteiger partial charge in [0.2, 0.25) is 5.79 Å². The van der Waals surface area contributed by atoms with Crippen molar-refractivity contribution in [3.05, 3.63) is 71.8 Å². The number of unbranched alkanes of at least 4 members (excludes halogenated alkanes) is 2. The first-order chi connectivity index (χ1) is 26.8. The molecule has 6 unspecified atom stereocenters. The lowest BCUT2D eigenvalue weighted by atomic mass is 9.55. The van der Waals surface area contributed by atoms with Crippen LogP contribution in [0.5, 0.6) is 23.0 Å². The number of aliphatic hydroxyl groups excluding tert-OH is 2. The molecular weight excluding hydrogens is 704 g/mol. The van der Waals surface area contributed by atoms with Crippen LogP contribution in [0, 0.1) is 17.8 Å². The van der Waals surface area contributed by atoms with Gasteiger partial charge in [-0.25, -0.2) is 4.79 Å². The summed E-state index contributed by atoms with van der Waals surface area (Å²) in [5, 5.41) is 24.4. The Morgan fingerprint density at radius 1 is 1.04 bits per heavy atom. The van der Waals surface area contributed by atoms with Crippen molar-refractivity contribution in [2.75, 3.05) is 46.7 Å². The van der Waals surface area contributed by atoms with E-state index in [0.717, 1.165) is 48.8 Å². The Morgan fingerprint density at radius 3 is 2.45 bits per heavy atom. The van der Waals surface area contributed by atoms with E-state index in [4.69, 9.17) is 33.7 Å². The van der Waals surface area contributed by atoms with Crippen molar-refractivity contribution in [2.24, 2.45) is 22.9 Å². The van der Waals surface area contributed by atoms with E-state index in [9.17, 15) is 19.8 Å². The Kier molecular flexibility index (Phi) is 15.2. The number of rotatable bonds is 21. The fraction of sp³-hybridized carbons (Fsp3) is 0.558. The highest BCUT2D eigenvalue weighted by atomic mass is 16.7. The molecule has 1 aliphatic heterocycles. The quantitative estimate of drug-likeness (QED) is 0.0559. The molecule has 5 rings (SSSR count). The van der Waals surface area contributed by atoms with E-state index in [2.05, 4.69) is 12.7 Å². The van der Waals surface area contributed by atoms with Gasteiger partial charge in [-0.1, -0.05) is 37.1 Å². The Balaban J connectivity index is 1.77. The Bertz CT molecular complexity index is 1680. The van der Waals surface area contributed by atoms with Gasteiger partial charge in [0, 0.05) is 37.7 Å². The molecule has 2 aliphatic carbocycles. The van der Waals surface area contributed by atoms with Crippen molar-refractivity contribution >= 4 is 18.1 Å². The number of hydrogen-bond donors (Lipinski definition) is 2. The Hall–Kier alpha value is -4.39. The van der Waals surface area contributed by atoms with Gasteiger partial charge in [0.05, 0.1) is 37.5 Å². The molecule has 1 saturated carbocycles. The summed E-state index contributed by atoms with van der Waals surface area (Å²) in [7, 11) is 1.51. The second kappa shape index (κ2) is 20.0. The summed E-state index contributed by atoms with van der Waals surface area (Å²) in [5.41, 5.74) is 2.97. The zero-order valence-corrected chi connectivity index (χ0v) is 32.7. The molecule has 0 bridgehead atoms. The number of fused-ring (bicyclic) bond motifs is 2. The third-order valence-corrected chi connectivity index (χ3v) is 10.9. The molecule has 2 N–H and O–H groups in total. The Morgan fingerprint density at radius 2 is 1.78 bits per heavy atom. The molecule has 1 fully saturated rings. The maximum Gasteiger partial charge on any atom is 0.410 e. The molecule has 6 atom stereocenters. The van der Waals surface area contributed by atoms with E-state index in [1.807, 2.05) is 32.0 Å². The molecule has 3 aliphatic rings. The number of aliphatic hydroxyl groups is 2. The number of oxime groups is 1. The van der Waals surface area contributed by atoms with E-state index in [1.54, 1.807) is 36.1 Å². The molecular formula is C43H58N2O10. The van der Waals surface area contributed by atoms with Crippen LogP contribution in [0.15, 0.2) is 65.9 Å². The van der Waals surface area contributed by atoms with Gasteiger partial charge in [-0.15, -0.1) is 6.58 Å². The Labute approximate surface area is 325 Å². The fourth-order valence-electron chi connectivity index (χ4n) is 8.68. The number of carbonyl (C=O) groups is 2. The van der Waals surface area contributed by atoms with Crippen LogP contribution in [0.1, 0.15) is 94.0 Å². The van der Waals surface area contributed by atoms with Crippen molar-refractivity contribution in [1.29, 1.82) is 0 Å². The van der Waals surface area contributed by atoms with Gasteiger partial charge in [0.15, 0.2) is 6.29 Å². The summed E-state index contributed by atoms with van der Waals surface area (Å²) in [6.45, 7) is 11.0. The maximum absolute atomic E-state index is 13.9. The number of ether oxygens (including phenoxy) is 5. The average Bonchev–Trinajstić information content (AvgIpc) is 3.19. The minimum atomic E-state index is -1.37. The van der Waals surface area contributed by atoms with Crippen LogP contribution in [-0.4, -0.2) is 91.7 Å². The smallest absolute Gasteiger partial charge is 0.410 e.